The number of nitriles is 1. The van der Waals surface area contributed by atoms with Crippen LogP contribution in [0.25, 0.3) is 67.2 Å². The minimum absolute atomic E-state index is 0.237. The largest absolute Gasteiger partial charge is 0.208 e. The summed E-state index contributed by atoms with van der Waals surface area (Å²) >= 11 is 0. The van der Waals surface area contributed by atoms with Crippen molar-refractivity contribution >= 4 is 10.8 Å². The molecule has 0 N–H and O–H groups in total. The monoisotopic (exact) mass is 576 g/mol. The summed E-state index contributed by atoms with van der Waals surface area (Å²) in [6.45, 7) is 4.48. The van der Waals surface area contributed by atoms with Crippen molar-refractivity contribution in [1.29, 1.82) is 5.26 Å². The fourth-order valence-electron chi connectivity index (χ4n) is 6.57. The van der Waals surface area contributed by atoms with Gasteiger partial charge in [0.05, 0.1) is 11.6 Å². The zero-order valence-electron chi connectivity index (χ0n) is 25.0. The third-order valence-electron chi connectivity index (χ3n) is 8.96. The molecular formula is C41H28N4. The van der Waals surface area contributed by atoms with Gasteiger partial charge >= 0.3 is 0 Å². The second-order valence-electron chi connectivity index (χ2n) is 12.0. The molecule has 4 heteroatoms. The van der Waals surface area contributed by atoms with Crippen molar-refractivity contribution in [3.8, 4) is 62.5 Å². The number of fused-ring (bicyclic) bond motifs is 4. The Morgan fingerprint density at radius 1 is 0.467 bits per heavy atom. The molecule has 212 valence electrons. The van der Waals surface area contributed by atoms with E-state index in [0.29, 0.717) is 23.0 Å². The summed E-state index contributed by atoms with van der Waals surface area (Å²) in [5.74, 6) is 1.90. The Kier molecular flexibility index (Phi) is 6.15. The molecule has 0 amide bonds. The molecule has 0 atom stereocenters. The molecule has 7 aromatic rings. The summed E-state index contributed by atoms with van der Waals surface area (Å²) in [5, 5.41) is 11.9. The van der Waals surface area contributed by atoms with Gasteiger partial charge in [-0.15, -0.1) is 0 Å². The van der Waals surface area contributed by atoms with Crippen LogP contribution in [-0.4, -0.2) is 15.0 Å². The van der Waals surface area contributed by atoms with Gasteiger partial charge in [0.1, 0.15) is 0 Å². The topological polar surface area (TPSA) is 62.5 Å². The van der Waals surface area contributed by atoms with Crippen LogP contribution >= 0.6 is 0 Å². The van der Waals surface area contributed by atoms with Crippen LogP contribution in [0.5, 0.6) is 0 Å². The molecule has 0 spiro atoms. The number of aromatic nitrogens is 3. The lowest BCUT2D eigenvalue weighted by molar-refractivity contribution is 0.660. The molecular weight excluding hydrogens is 548 g/mol. The second kappa shape index (κ2) is 10.4. The van der Waals surface area contributed by atoms with E-state index in [-0.39, 0.29) is 5.41 Å². The molecule has 8 rings (SSSR count). The molecule has 4 nitrogen and oxygen atoms in total. The van der Waals surface area contributed by atoms with Crippen molar-refractivity contribution in [1.82, 2.24) is 15.0 Å². The maximum Gasteiger partial charge on any atom is 0.164 e. The molecule has 1 aliphatic rings. The minimum Gasteiger partial charge on any atom is -0.208 e. The van der Waals surface area contributed by atoms with E-state index in [2.05, 4.69) is 105 Å². The number of hydrogen-bond acceptors (Lipinski definition) is 4. The van der Waals surface area contributed by atoms with Gasteiger partial charge in [0.2, 0.25) is 0 Å². The van der Waals surface area contributed by atoms with Crippen molar-refractivity contribution in [2.24, 2.45) is 0 Å². The van der Waals surface area contributed by atoms with Gasteiger partial charge < -0.3 is 0 Å². The van der Waals surface area contributed by atoms with Gasteiger partial charge in [-0.05, 0) is 68.4 Å². The number of nitrogens with zero attached hydrogens (tertiary/aromatic N) is 4. The van der Waals surface area contributed by atoms with Gasteiger partial charge in [-0.1, -0.05) is 123 Å². The summed E-state index contributed by atoms with van der Waals surface area (Å²) in [4.78, 5) is 15.1. The Morgan fingerprint density at radius 3 is 1.84 bits per heavy atom. The average molecular weight is 577 g/mol. The standard InChI is InChI=1S/C41H28N4/c1-41(2)36-22-26(25-42)16-20-33(36)34-21-19-30(24-37(34)41)32-14-8-9-15-35(32)40-44-38(28-11-4-3-5-12-28)43-39(45-40)31-18-17-27-10-6-7-13-29(27)23-31/h3-24H,1-2H3. The zero-order valence-corrected chi connectivity index (χ0v) is 25.0. The molecule has 0 unspecified atom stereocenters. The zero-order chi connectivity index (χ0) is 30.5. The van der Waals surface area contributed by atoms with Crippen LogP contribution in [0.3, 0.4) is 0 Å². The van der Waals surface area contributed by atoms with Crippen LogP contribution in [-0.2, 0) is 5.41 Å². The van der Waals surface area contributed by atoms with Crippen LogP contribution in [0.4, 0.5) is 0 Å². The van der Waals surface area contributed by atoms with Crippen molar-refractivity contribution in [3.05, 3.63) is 150 Å². The second-order valence-corrected chi connectivity index (χ2v) is 12.0. The Bertz CT molecular complexity index is 2310. The SMILES string of the molecule is CC1(C)c2cc(C#N)ccc2-c2ccc(-c3ccccc3-c3nc(-c4ccccc4)nc(-c4ccc5ccccc5c4)n3)cc21. The Morgan fingerprint density at radius 2 is 1.07 bits per heavy atom. The van der Waals surface area contributed by atoms with E-state index in [1.165, 1.54) is 27.6 Å². The highest BCUT2D eigenvalue weighted by Gasteiger charge is 2.36. The highest BCUT2D eigenvalue weighted by molar-refractivity contribution is 5.89. The summed E-state index contributed by atoms with van der Waals surface area (Å²) in [6.07, 6.45) is 0. The molecule has 6 aromatic carbocycles. The first-order valence-corrected chi connectivity index (χ1v) is 15.1. The number of hydrogen-bond donors (Lipinski definition) is 0. The molecule has 0 fully saturated rings. The van der Waals surface area contributed by atoms with Crippen LogP contribution in [0.2, 0.25) is 0 Å². The highest BCUT2D eigenvalue weighted by Crippen LogP contribution is 2.50. The van der Waals surface area contributed by atoms with Gasteiger partial charge in [-0.2, -0.15) is 5.26 Å². The molecule has 1 aliphatic carbocycles. The lowest BCUT2D eigenvalue weighted by Crippen LogP contribution is -2.15. The van der Waals surface area contributed by atoms with Crippen LogP contribution in [0, 0.1) is 11.3 Å². The molecule has 0 radical (unpaired) electrons. The van der Waals surface area contributed by atoms with Crippen LogP contribution in [0.15, 0.2) is 133 Å². The summed E-state index contributed by atoms with van der Waals surface area (Å²) in [5.41, 5.74) is 10.3. The number of benzene rings is 6. The van der Waals surface area contributed by atoms with E-state index < -0.39 is 0 Å². The third kappa shape index (κ3) is 4.49. The van der Waals surface area contributed by atoms with Crippen molar-refractivity contribution in [2.45, 2.75) is 19.3 Å². The van der Waals surface area contributed by atoms with Crippen molar-refractivity contribution in [2.75, 3.05) is 0 Å². The Labute approximate surface area is 262 Å². The van der Waals surface area contributed by atoms with E-state index in [1.54, 1.807) is 0 Å². The lowest BCUT2D eigenvalue weighted by atomic mass is 9.81. The van der Waals surface area contributed by atoms with E-state index in [9.17, 15) is 5.26 Å². The van der Waals surface area contributed by atoms with E-state index in [4.69, 9.17) is 15.0 Å². The van der Waals surface area contributed by atoms with Gasteiger partial charge in [0.15, 0.2) is 17.5 Å². The molecule has 45 heavy (non-hydrogen) atoms. The van der Waals surface area contributed by atoms with Gasteiger partial charge in [0, 0.05) is 22.1 Å². The normalized spacial score (nSPS) is 12.8. The van der Waals surface area contributed by atoms with E-state index in [1.807, 2.05) is 48.5 Å². The third-order valence-corrected chi connectivity index (χ3v) is 8.96. The predicted octanol–water partition coefficient (Wildman–Crippen LogP) is 9.87. The summed E-state index contributed by atoms with van der Waals surface area (Å²) in [7, 11) is 0. The molecule has 0 saturated carbocycles. The maximum atomic E-state index is 9.55. The lowest BCUT2D eigenvalue weighted by Gasteiger charge is -2.22. The molecule has 1 aromatic heterocycles. The maximum absolute atomic E-state index is 9.55. The van der Waals surface area contributed by atoms with Crippen molar-refractivity contribution in [3.63, 3.8) is 0 Å². The minimum atomic E-state index is -0.237. The fourth-order valence-corrected chi connectivity index (χ4v) is 6.57. The quantitative estimate of drug-likeness (QED) is 0.209. The Balaban J connectivity index is 1.29. The number of rotatable bonds is 4. The highest BCUT2D eigenvalue weighted by atomic mass is 15.0. The van der Waals surface area contributed by atoms with Gasteiger partial charge in [0.25, 0.3) is 0 Å². The molecule has 0 saturated heterocycles. The molecule has 0 aliphatic heterocycles. The fraction of sp³-hybridized carbons (Fsp3) is 0.0732. The van der Waals surface area contributed by atoms with E-state index >= 15 is 0 Å². The van der Waals surface area contributed by atoms with Crippen molar-refractivity contribution < 1.29 is 0 Å². The molecule has 1 heterocycles. The first-order valence-electron chi connectivity index (χ1n) is 15.1. The molecule has 0 bridgehead atoms. The average Bonchev–Trinajstić information content (AvgIpc) is 3.33. The van der Waals surface area contributed by atoms with Crippen LogP contribution in [0.1, 0.15) is 30.5 Å². The van der Waals surface area contributed by atoms with Gasteiger partial charge in [-0.3, -0.25) is 0 Å². The smallest absolute Gasteiger partial charge is 0.164 e. The Hall–Kier alpha value is -5.92. The summed E-state index contributed by atoms with van der Waals surface area (Å²) < 4.78 is 0. The van der Waals surface area contributed by atoms with Crippen LogP contribution < -0.4 is 0 Å². The predicted molar refractivity (Wildman–Crippen MR) is 181 cm³/mol. The first-order chi connectivity index (χ1) is 22.0. The summed E-state index contributed by atoms with van der Waals surface area (Å²) in [6, 6.07) is 48.1. The first kappa shape index (κ1) is 26.7. The van der Waals surface area contributed by atoms with E-state index in [0.717, 1.165) is 33.2 Å². The van der Waals surface area contributed by atoms with Gasteiger partial charge in [-0.25, -0.2) is 15.0 Å².